The first kappa shape index (κ1) is 16.7. The number of nitrogens with one attached hydrogen (secondary N) is 1. The third-order valence-electron chi connectivity index (χ3n) is 3.51. The number of benzene rings is 1. The van der Waals surface area contributed by atoms with Crippen LogP contribution in [0.4, 0.5) is 5.69 Å². The van der Waals surface area contributed by atoms with Crippen LogP contribution in [-0.4, -0.2) is 15.9 Å². The molecule has 0 radical (unpaired) electrons. The second-order valence-electron chi connectivity index (χ2n) is 6.79. The van der Waals surface area contributed by atoms with Crippen LogP contribution in [0.3, 0.4) is 0 Å². The number of carbonyl (C=O) groups is 1. The molecule has 124 valence electrons. The van der Waals surface area contributed by atoms with E-state index in [1.54, 1.807) is 24.7 Å². The van der Waals surface area contributed by atoms with Crippen molar-refractivity contribution in [2.24, 2.45) is 5.41 Å². The molecule has 0 spiro atoms. The van der Waals surface area contributed by atoms with Crippen molar-refractivity contribution in [2.75, 3.05) is 5.32 Å². The van der Waals surface area contributed by atoms with Gasteiger partial charge in [0, 0.05) is 46.0 Å². The highest BCUT2D eigenvalue weighted by Crippen LogP contribution is 2.22. The number of hydrogen-bond acceptors (Lipinski definition) is 3. The summed E-state index contributed by atoms with van der Waals surface area (Å²) in [5.74, 6) is 5.97. The number of pyridine rings is 2. The van der Waals surface area contributed by atoms with Gasteiger partial charge in [-0.1, -0.05) is 24.0 Å². The van der Waals surface area contributed by atoms with Gasteiger partial charge in [-0.05, 0) is 45.0 Å². The van der Waals surface area contributed by atoms with E-state index in [0.29, 0.717) is 5.69 Å². The van der Waals surface area contributed by atoms with Gasteiger partial charge < -0.3 is 5.32 Å². The molecule has 1 aromatic carbocycles. The van der Waals surface area contributed by atoms with Crippen LogP contribution in [0.25, 0.3) is 10.8 Å². The van der Waals surface area contributed by atoms with Crippen molar-refractivity contribution in [2.45, 2.75) is 20.8 Å². The molecule has 3 aromatic rings. The average molecular weight is 329 g/mol. The van der Waals surface area contributed by atoms with Gasteiger partial charge in [-0.2, -0.15) is 0 Å². The van der Waals surface area contributed by atoms with E-state index in [-0.39, 0.29) is 11.3 Å². The van der Waals surface area contributed by atoms with Crippen molar-refractivity contribution in [3.63, 3.8) is 0 Å². The molecule has 0 unspecified atom stereocenters. The van der Waals surface area contributed by atoms with Crippen LogP contribution in [0.1, 0.15) is 36.8 Å². The highest BCUT2D eigenvalue weighted by molar-refractivity contribution is 6.08. The normalized spacial score (nSPS) is 10.8. The monoisotopic (exact) mass is 329 g/mol. The first-order chi connectivity index (χ1) is 11.9. The van der Waals surface area contributed by atoms with Crippen molar-refractivity contribution in [3.8, 4) is 11.8 Å². The number of hydrogen-bond donors (Lipinski definition) is 1. The van der Waals surface area contributed by atoms with E-state index in [4.69, 9.17) is 0 Å². The topological polar surface area (TPSA) is 54.9 Å². The average Bonchev–Trinajstić information content (AvgIpc) is 2.60. The minimum Gasteiger partial charge on any atom is -0.320 e. The molecule has 0 aliphatic rings. The molecule has 0 atom stereocenters. The Morgan fingerprint density at radius 2 is 1.92 bits per heavy atom. The standard InChI is InChI=1S/C21H19N3O/c1-21(2,3)11-9-15-7-8-19(23-13-15)20(25)24-18-6-4-5-16-14-22-12-10-17(16)18/h4-8,10,12-14H,1-3H3,(H,24,25). The van der Waals surface area contributed by atoms with Crippen molar-refractivity contribution in [1.82, 2.24) is 9.97 Å². The quantitative estimate of drug-likeness (QED) is 0.714. The van der Waals surface area contributed by atoms with Crippen LogP contribution in [0.2, 0.25) is 0 Å². The highest BCUT2D eigenvalue weighted by atomic mass is 16.1. The third kappa shape index (κ3) is 4.21. The predicted molar refractivity (Wildman–Crippen MR) is 100 cm³/mol. The summed E-state index contributed by atoms with van der Waals surface area (Å²) in [4.78, 5) is 20.8. The largest absolute Gasteiger partial charge is 0.320 e. The number of aromatic nitrogens is 2. The minimum absolute atomic E-state index is 0.0702. The summed E-state index contributed by atoms with van der Waals surface area (Å²) in [5.41, 5.74) is 1.82. The number of rotatable bonds is 2. The molecule has 4 nitrogen and oxygen atoms in total. The van der Waals surface area contributed by atoms with Crippen LogP contribution in [0, 0.1) is 17.3 Å². The second-order valence-corrected chi connectivity index (χ2v) is 6.79. The van der Waals surface area contributed by atoms with Gasteiger partial charge >= 0.3 is 0 Å². The maximum absolute atomic E-state index is 12.5. The van der Waals surface area contributed by atoms with Crippen molar-refractivity contribution in [3.05, 3.63) is 66.2 Å². The Kier molecular flexibility index (Phi) is 4.49. The molecule has 2 heterocycles. The van der Waals surface area contributed by atoms with E-state index < -0.39 is 0 Å². The van der Waals surface area contributed by atoms with E-state index in [9.17, 15) is 4.79 Å². The molecule has 0 saturated carbocycles. The fourth-order valence-corrected chi connectivity index (χ4v) is 2.28. The summed E-state index contributed by atoms with van der Waals surface area (Å²) in [6.45, 7) is 6.15. The van der Waals surface area contributed by atoms with Crippen LogP contribution in [0.5, 0.6) is 0 Å². The molecule has 1 amide bonds. The molecule has 0 aliphatic carbocycles. The molecule has 0 bridgehead atoms. The molecular formula is C21H19N3O. The Labute approximate surface area is 147 Å². The first-order valence-corrected chi connectivity index (χ1v) is 8.06. The fourth-order valence-electron chi connectivity index (χ4n) is 2.28. The Morgan fingerprint density at radius 1 is 1.08 bits per heavy atom. The lowest BCUT2D eigenvalue weighted by atomic mass is 9.97. The van der Waals surface area contributed by atoms with Crippen LogP contribution in [0.15, 0.2) is 55.0 Å². The zero-order valence-electron chi connectivity index (χ0n) is 14.5. The summed E-state index contributed by atoms with van der Waals surface area (Å²) in [5, 5.41) is 4.83. The van der Waals surface area contributed by atoms with E-state index in [2.05, 4.69) is 47.9 Å². The van der Waals surface area contributed by atoms with Crippen molar-refractivity contribution in [1.29, 1.82) is 0 Å². The number of carbonyl (C=O) groups excluding carboxylic acids is 1. The highest BCUT2D eigenvalue weighted by Gasteiger charge is 2.10. The number of amides is 1. The summed E-state index contributed by atoms with van der Waals surface area (Å²) in [7, 11) is 0. The lowest BCUT2D eigenvalue weighted by Gasteiger charge is -2.08. The van der Waals surface area contributed by atoms with Gasteiger partial charge in [0.2, 0.25) is 0 Å². The molecule has 25 heavy (non-hydrogen) atoms. The van der Waals surface area contributed by atoms with Crippen molar-refractivity contribution < 1.29 is 4.79 Å². The summed E-state index contributed by atoms with van der Waals surface area (Å²) in [6.07, 6.45) is 5.10. The summed E-state index contributed by atoms with van der Waals surface area (Å²) >= 11 is 0. The Hall–Kier alpha value is -3.19. The fraction of sp³-hybridized carbons (Fsp3) is 0.190. The molecule has 2 aromatic heterocycles. The maximum Gasteiger partial charge on any atom is 0.274 e. The molecule has 3 rings (SSSR count). The van der Waals surface area contributed by atoms with Gasteiger partial charge in [0.1, 0.15) is 5.69 Å². The molecule has 1 N–H and O–H groups in total. The van der Waals surface area contributed by atoms with E-state index in [1.807, 2.05) is 30.3 Å². The lowest BCUT2D eigenvalue weighted by Crippen LogP contribution is -2.13. The Balaban J connectivity index is 1.80. The van der Waals surface area contributed by atoms with Gasteiger partial charge in [0.15, 0.2) is 0 Å². The third-order valence-corrected chi connectivity index (χ3v) is 3.51. The van der Waals surface area contributed by atoms with Gasteiger partial charge in [-0.3, -0.25) is 9.78 Å². The molecular weight excluding hydrogens is 310 g/mol. The number of anilines is 1. The van der Waals surface area contributed by atoms with Gasteiger partial charge in [-0.25, -0.2) is 4.98 Å². The second kappa shape index (κ2) is 6.74. The lowest BCUT2D eigenvalue weighted by molar-refractivity contribution is 0.102. The Morgan fingerprint density at radius 3 is 2.64 bits per heavy atom. The SMILES string of the molecule is CC(C)(C)C#Cc1ccc(C(=O)Nc2cccc3cnccc23)nc1. The van der Waals surface area contributed by atoms with Crippen LogP contribution < -0.4 is 5.32 Å². The van der Waals surface area contributed by atoms with Gasteiger partial charge in [0.25, 0.3) is 5.91 Å². The number of fused-ring (bicyclic) bond motifs is 1. The van der Waals surface area contributed by atoms with Gasteiger partial charge in [0.05, 0.1) is 0 Å². The van der Waals surface area contributed by atoms with Gasteiger partial charge in [-0.15, -0.1) is 0 Å². The minimum atomic E-state index is -0.250. The summed E-state index contributed by atoms with van der Waals surface area (Å²) in [6, 6.07) is 11.1. The zero-order valence-corrected chi connectivity index (χ0v) is 14.5. The summed E-state index contributed by atoms with van der Waals surface area (Å²) < 4.78 is 0. The van der Waals surface area contributed by atoms with Crippen LogP contribution in [-0.2, 0) is 0 Å². The van der Waals surface area contributed by atoms with Crippen LogP contribution >= 0.6 is 0 Å². The Bertz CT molecular complexity index is 968. The number of nitrogens with zero attached hydrogens (tertiary/aromatic N) is 2. The smallest absolute Gasteiger partial charge is 0.274 e. The van der Waals surface area contributed by atoms with E-state index >= 15 is 0 Å². The predicted octanol–water partition coefficient (Wildman–Crippen LogP) is 4.28. The molecule has 0 aliphatic heterocycles. The van der Waals surface area contributed by atoms with Crippen molar-refractivity contribution >= 4 is 22.4 Å². The maximum atomic E-state index is 12.5. The zero-order chi connectivity index (χ0) is 17.9. The first-order valence-electron chi connectivity index (χ1n) is 8.06. The molecule has 4 heteroatoms. The van der Waals surface area contributed by atoms with E-state index in [0.717, 1.165) is 22.0 Å². The molecule has 0 saturated heterocycles. The molecule has 0 fully saturated rings. The van der Waals surface area contributed by atoms with E-state index in [1.165, 1.54) is 0 Å².